The van der Waals surface area contributed by atoms with Gasteiger partial charge in [0.2, 0.25) is 0 Å². The van der Waals surface area contributed by atoms with Crippen molar-refractivity contribution in [3.8, 4) is 0 Å². The minimum absolute atomic E-state index is 0.417. The van der Waals surface area contributed by atoms with Gasteiger partial charge in [0.15, 0.2) is 0 Å². The maximum absolute atomic E-state index is 3.94. The fraction of sp³-hybridized carbons (Fsp3) is 1.00. The third kappa shape index (κ3) is 4.46. The maximum Gasteiger partial charge on any atom is 0.0110 e. The molecule has 2 heteroatoms. The Kier molecular flexibility index (Phi) is 5.92. The number of hydrogen-bond acceptors (Lipinski definition) is 2. The molecule has 2 nitrogen and oxygen atoms in total. The van der Waals surface area contributed by atoms with Crippen molar-refractivity contribution in [1.29, 1.82) is 0 Å². The minimum Gasteiger partial charge on any atom is -0.314 e. The van der Waals surface area contributed by atoms with Crippen LogP contribution in [-0.2, 0) is 0 Å². The van der Waals surface area contributed by atoms with Gasteiger partial charge in [0.25, 0.3) is 0 Å². The van der Waals surface area contributed by atoms with Crippen molar-refractivity contribution in [3.05, 3.63) is 0 Å². The van der Waals surface area contributed by atoms with E-state index in [2.05, 4.69) is 38.3 Å². The molecular formula is C18H36N2. The first kappa shape index (κ1) is 16.3. The average Bonchev–Trinajstić information content (AvgIpc) is 2.45. The molecule has 4 unspecified atom stereocenters. The topological polar surface area (TPSA) is 24.1 Å². The molecule has 0 bridgehead atoms. The van der Waals surface area contributed by atoms with Crippen molar-refractivity contribution in [1.82, 2.24) is 10.6 Å². The molecule has 0 amide bonds. The van der Waals surface area contributed by atoms with Gasteiger partial charge in [-0.1, -0.05) is 47.0 Å². The molecule has 1 aliphatic carbocycles. The molecule has 0 aromatic carbocycles. The number of nitrogens with one attached hydrogen (secondary N) is 2. The van der Waals surface area contributed by atoms with Crippen LogP contribution in [-0.4, -0.2) is 25.2 Å². The van der Waals surface area contributed by atoms with Crippen molar-refractivity contribution in [2.24, 2.45) is 17.3 Å². The first-order chi connectivity index (χ1) is 9.48. The standard InChI is InChI=1S/C18H36N2/c1-14(18(2,3)4)13-20-17-10-6-5-9-15(17)16-11-7-8-12-19-16/h14-17,19-20H,5-13H2,1-4H3. The lowest BCUT2D eigenvalue weighted by Gasteiger charge is -2.41. The van der Waals surface area contributed by atoms with Gasteiger partial charge in [0.1, 0.15) is 0 Å². The predicted octanol–water partition coefficient (Wildman–Crippen LogP) is 3.96. The van der Waals surface area contributed by atoms with E-state index < -0.39 is 0 Å². The molecule has 1 aliphatic heterocycles. The van der Waals surface area contributed by atoms with E-state index in [1.54, 1.807) is 0 Å². The van der Waals surface area contributed by atoms with Crippen molar-refractivity contribution in [2.75, 3.05) is 13.1 Å². The largest absolute Gasteiger partial charge is 0.314 e. The van der Waals surface area contributed by atoms with Crippen molar-refractivity contribution in [2.45, 2.75) is 84.7 Å². The van der Waals surface area contributed by atoms with Gasteiger partial charge in [0, 0.05) is 12.1 Å². The zero-order valence-electron chi connectivity index (χ0n) is 14.2. The molecule has 4 atom stereocenters. The summed E-state index contributed by atoms with van der Waals surface area (Å²) in [5.74, 6) is 1.61. The Morgan fingerprint density at radius 3 is 2.40 bits per heavy atom. The highest BCUT2D eigenvalue weighted by atomic mass is 15.0. The number of hydrogen-bond donors (Lipinski definition) is 2. The molecule has 0 aromatic rings. The Labute approximate surface area is 126 Å². The van der Waals surface area contributed by atoms with E-state index in [-0.39, 0.29) is 0 Å². The SMILES string of the molecule is CC(CNC1CCCCC1C1CCCCN1)C(C)(C)C. The zero-order chi connectivity index (χ0) is 14.6. The monoisotopic (exact) mass is 280 g/mol. The number of rotatable bonds is 4. The normalized spacial score (nSPS) is 33.9. The van der Waals surface area contributed by atoms with Crippen molar-refractivity contribution in [3.63, 3.8) is 0 Å². The molecule has 0 aromatic heterocycles. The molecule has 1 heterocycles. The summed E-state index contributed by atoms with van der Waals surface area (Å²) in [4.78, 5) is 0. The van der Waals surface area contributed by atoms with Crippen LogP contribution in [0.5, 0.6) is 0 Å². The van der Waals surface area contributed by atoms with Crippen molar-refractivity contribution >= 4 is 0 Å². The minimum atomic E-state index is 0.417. The third-order valence-electron chi connectivity index (χ3n) is 5.85. The van der Waals surface area contributed by atoms with E-state index >= 15 is 0 Å². The molecule has 2 N–H and O–H groups in total. The molecule has 0 spiro atoms. The summed E-state index contributed by atoms with van der Waals surface area (Å²) in [7, 11) is 0. The molecule has 20 heavy (non-hydrogen) atoms. The van der Waals surface area contributed by atoms with E-state index in [0.29, 0.717) is 5.41 Å². The highest BCUT2D eigenvalue weighted by Gasteiger charge is 2.32. The van der Waals surface area contributed by atoms with Crippen LogP contribution in [0.15, 0.2) is 0 Å². The first-order valence-corrected chi connectivity index (χ1v) is 8.95. The lowest BCUT2D eigenvalue weighted by atomic mass is 9.76. The lowest BCUT2D eigenvalue weighted by Crippen LogP contribution is -2.51. The predicted molar refractivity (Wildman–Crippen MR) is 88.0 cm³/mol. The Morgan fingerprint density at radius 2 is 1.75 bits per heavy atom. The Hall–Kier alpha value is -0.0800. The summed E-state index contributed by atoms with van der Waals surface area (Å²) >= 11 is 0. The molecule has 1 saturated heterocycles. The van der Waals surface area contributed by atoms with E-state index in [4.69, 9.17) is 0 Å². The molecule has 2 rings (SSSR count). The van der Waals surface area contributed by atoms with Gasteiger partial charge in [0.05, 0.1) is 0 Å². The molecule has 1 saturated carbocycles. The zero-order valence-corrected chi connectivity index (χ0v) is 14.2. The van der Waals surface area contributed by atoms with Gasteiger partial charge >= 0.3 is 0 Å². The summed E-state index contributed by atoms with van der Waals surface area (Å²) in [6, 6.07) is 1.54. The van der Waals surface area contributed by atoms with Crippen LogP contribution in [0.2, 0.25) is 0 Å². The molecular weight excluding hydrogens is 244 g/mol. The average molecular weight is 280 g/mol. The Morgan fingerprint density at radius 1 is 1.05 bits per heavy atom. The second-order valence-corrected chi connectivity index (χ2v) is 8.29. The van der Waals surface area contributed by atoms with E-state index in [9.17, 15) is 0 Å². The second-order valence-electron chi connectivity index (χ2n) is 8.29. The van der Waals surface area contributed by atoms with Crippen LogP contribution in [0, 0.1) is 17.3 Å². The van der Waals surface area contributed by atoms with E-state index in [1.165, 1.54) is 58.0 Å². The highest BCUT2D eigenvalue weighted by molar-refractivity contribution is 4.91. The molecule has 0 radical (unpaired) electrons. The van der Waals surface area contributed by atoms with E-state index in [0.717, 1.165) is 23.9 Å². The second kappa shape index (κ2) is 7.26. The summed E-state index contributed by atoms with van der Waals surface area (Å²) in [6.45, 7) is 11.9. The van der Waals surface area contributed by atoms with Gasteiger partial charge in [-0.3, -0.25) is 0 Å². The van der Waals surface area contributed by atoms with Crippen LogP contribution in [0.3, 0.4) is 0 Å². The summed E-state index contributed by atoms with van der Waals surface area (Å²) in [6.07, 6.45) is 9.89. The fourth-order valence-corrected chi connectivity index (χ4v) is 3.77. The fourth-order valence-electron chi connectivity index (χ4n) is 3.77. The van der Waals surface area contributed by atoms with Gasteiger partial charge in [-0.05, 0) is 56.0 Å². The van der Waals surface area contributed by atoms with E-state index in [1.807, 2.05) is 0 Å². The quantitative estimate of drug-likeness (QED) is 0.814. The summed E-state index contributed by atoms with van der Waals surface area (Å²) in [5, 5.41) is 7.73. The van der Waals surface area contributed by atoms with Crippen LogP contribution in [0.25, 0.3) is 0 Å². The third-order valence-corrected chi connectivity index (χ3v) is 5.85. The van der Waals surface area contributed by atoms with Crippen LogP contribution < -0.4 is 10.6 Å². The first-order valence-electron chi connectivity index (χ1n) is 8.95. The highest BCUT2D eigenvalue weighted by Crippen LogP contribution is 2.31. The molecule has 2 aliphatic rings. The Balaban J connectivity index is 1.86. The van der Waals surface area contributed by atoms with Gasteiger partial charge in [-0.15, -0.1) is 0 Å². The van der Waals surface area contributed by atoms with Crippen molar-refractivity contribution < 1.29 is 0 Å². The molecule has 2 fully saturated rings. The summed E-state index contributed by atoms with van der Waals surface area (Å²) < 4.78 is 0. The Bertz CT molecular complexity index is 276. The number of piperidine rings is 1. The van der Waals surface area contributed by atoms with Crippen LogP contribution in [0.1, 0.15) is 72.6 Å². The molecule has 118 valence electrons. The lowest BCUT2D eigenvalue weighted by molar-refractivity contribution is 0.164. The smallest absolute Gasteiger partial charge is 0.0110 e. The van der Waals surface area contributed by atoms with Crippen LogP contribution >= 0.6 is 0 Å². The summed E-state index contributed by atoms with van der Waals surface area (Å²) in [5.41, 5.74) is 0.417. The van der Waals surface area contributed by atoms with Gasteiger partial charge in [-0.25, -0.2) is 0 Å². The van der Waals surface area contributed by atoms with Crippen LogP contribution in [0.4, 0.5) is 0 Å². The van der Waals surface area contributed by atoms with Gasteiger partial charge < -0.3 is 10.6 Å². The maximum atomic E-state index is 3.94. The van der Waals surface area contributed by atoms with Gasteiger partial charge in [-0.2, -0.15) is 0 Å².